The largest absolute Gasteiger partial charge is 0.496 e. The molecule has 1 fully saturated rings. The fourth-order valence-corrected chi connectivity index (χ4v) is 3.44. The summed E-state index contributed by atoms with van der Waals surface area (Å²) in [7, 11) is 1.70. The highest BCUT2D eigenvalue weighted by Gasteiger charge is 2.15. The van der Waals surface area contributed by atoms with E-state index in [1.54, 1.807) is 7.11 Å². The van der Waals surface area contributed by atoms with E-state index in [-0.39, 0.29) is 0 Å². The predicted molar refractivity (Wildman–Crippen MR) is 116 cm³/mol. The Hall–Kier alpha value is -3.12. The summed E-state index contributed by atoms with van der Waals surface area (Å²) in [6.45, 7) is 3.85. The first kappa shape index (κ1) is 19.2. The SMILES string of the molecule is COc1ccccc1CCNc1nc(-c2ccccc2)cc(N2CCOCC2)n1. The summed E-state index contributed by atoms with van der Waals surface area (Å²) in [5, 5.41) is 3.40. The molecule has 1 N–H and O–H groups in total. The molecule has 0 spiro atoms. The van der Waals surface area contributed by atoms with Crippen molar-refractivity contribution in [1.29, 1.82) is 0 Å². The Labute approximate surface area is 171 Å². The van der Waals surface area contributed by atoms with E-state index in [9.17, 15) is 0 Å². The van der Waals surface area contributed by atoms with Gasteiger partial charge < -0.3 is 19.7 Å². The molecule has 0 amide bonds. The smallest absolute Gasteiger partial charge is 0.225 e. The first-order chi connectivity index (χ1) is 14.3. The van der Waals surface area contributed by atoms with E-state index < -0.39 is 0 Å². The average Bonchev–Trinajstić information content (AvgIpc) is 2.80. The second kappa shape index (κ2) is 9.39. The number of hydrogen-bond acceptors (Lipinski definition) is 6. The fraction of sp³-hybridized carbons (Fsp3) is 0.304. The number of nitrogens with one attached hydrogen (secondary N) is 1. The van der Waals surface area contributed by atoms with E-state index >= 15 is 0 Å². The number of anilines is 2. The minimum atomic E-state index is 0.641. The Morgan fingerprint density at radius 3 is 2.55 bits per heavy atom. The highest BCUT2D eigenvalue weighted by molar-refractivity contribution is 5.64. The van der Waals surface area contributed by atoms with Gasteiger partial charge in [-0.1, -0.05) is 48.5 Å². The summed E-state index contributed by atoms with van der Waals surface area (Å²) < 4.78 is 10.9. The molecule has 150 valence electrons. The predicted octanol–water partition coefficient (Wildman–Crippen LogP) is 3.64. The van der Waals surface area contributed by atoms with Crippen molar-refractivity contribution in [3.8, 4) is 17.0 Å². The van der Waals surface area contributed by atoms with Crippen LogP contribution in [0.25, 0.3) is 11.3 Å². The average molecular weight is 390 g/mol. The van der Waals surface area contributed by atoms with Crippen LogP contribution in [0.4, 0.5) is 11.8 Å². The lowest BCUT2D eigenvalue weighted by Crippen LogP contribution is -2.37. The normalized spacial score (nSPS) is 13.9. The summed E-state index contributed by atoms with van der Waals surface area (Å²) in [6, 6.07) is 20.4. The summed E-state index contributed by atoms with van der Waals surface area (Å²) >= 11 is 0. The number of nitrogens with zero attached hydrogens (tertiary/aromatic N) is 3. The van der Waals surface area contributed by atoms with Gasteiger partial charge in [0.1, 0.15) is 11.6 Å². The Morgan fingerprint density at radius 2 is 1.76 bits per heavy atom. The lowest BCUT2D eigenvalue weighted by Gasteiger charge is -2.28. The Kier molecular flexibility index (Phi) is 6.22. The van der Waals surface area contributed by atoms with Crippen LogP contribution in [-0.4, -0.2) is 49.9 Å². The van der Waals surface area contributed by atoms with Crippen LogP contribution in [0.5, 0.6) is 5.75 Å². The van der Waals surface area contributed by atoms with Crippen LogP contribution in [0.3, 0.4) is 0 Å². The molecule has 2 aromatic carbocycles. The minimum absolute atomic E-state index is 0.641. The summed E-state index contributed by atoms with van der Waals surface area (Å²) in [6.07, 6.45) is 0.829. The molecule has 6 heteroatoms. The van der Waals surface area contributed by atoms with Gasteiger partial charge >= 0.3 is 0 Å². The molecule has 0 radical (unpaired) electrons. The molecule has 0 bridgehead atoms. The summed E-state index contributed by atoms with van der Waals surface area (Å²) in [4.78, 5) is 11.8. The molecule has 0 unspecified atom stereocenters. The highest BCUT2D eigenvalue weighted by Crippen LogP contribution is 2.24. The molecule has 1 aliphatic heterocycles. The molecular weight excluding hydrogens is 364 g/mol. The number of rotatable bonds is 7. The standard InChI is InChI=1S/C23H26N4O2/c1-28-21-10-6-5-9-19(21)11-12-24-23-25-20(18-7-3-2-4-8-18)17-22(26-23)27-13-15-29-16-14-27/h2-10,17H,11-16H2,1H3,(H,24,25,26). The van der Waals surface area contributed by atoms with Gasteiger partial charge in [0.05, 0.1) is 26.0 Å². The molecule has 6 nitrogen and oxygen atoms in total. The number of ether oxygens (including phenoxy) is 2. The van der Waals surface area contributed by atoms with Crippen molar-refractivity contribution >= 4 is 11.8 Å². The maximum absolute atomic E-state index is 5.49. The van der Waals surface area contributed by atoms with Crippen LogP contribution < -0.4 is 15.0 Å². The first-order valence-corrected chi connectivity index (χ1v) is 9.96. The number of methoxy groups -OCH3 is 1. The van der Waals surface area contributed by atoms with Crippen molar-refractivity contribution in [1.82, 2.24) is 9.97 Å². The molecule has 1 aromatic heterocycles. The zero-order chi connectivity index (χ0) is 19.9. The van der Waals surface area contributed by atoms with Gasteiger partial charge in [-0.15, -0.1) is 0 Å². The molecule has 0 atom stereocenters. The van der Waals surface area contributed by atoms with E-state index in [4.69, 9.17) is 19.4 Å². The quantitative estimate of drug-likeness (QED) is 0.665. The zero-order valence-corrected chi connectivity index (χ0v) is 16.7. The van der Waals surface area contributed by atoms with Gasteiger partial charge in [0, 0.05) is 31.3 Å². The maximum atomic E-state index is 5.49. The second-order valence-corrected chi connectivity index (χ2v) is 6.89. The van der Waals surface area contributed by atoms with E-state index in [0.717, 1.165) is 67.7 Å². The van der Waals surface area contributed by atoms with Gasteiger partial charge in [-0.2, -0.15) is 4.98 Å². The van der Waals surface area contributed by atoms with Gasteiger partial charge in [0.2, 0.25) is 5.95 Å². The van der Waals surface area contributed by atoms with Crippen LogP contribution in [0.1, 0.15) is 5.56 Å². The topological polar surface area (TPSA) is 59.5 Å². The fourth-order valence-electron chi connectivity index (χ4n) is 3.44. The number of benzene rings is 2. The molecule has 0 saturated carbocycles. The number of hydrogen-bond donors (Lipinski definition) is 1. The lowest BCUT2D eigenvalue weighted by molar-refractivity contribution is 0.122. The molecular formula is C23H26N4O2. The van der Waals surface area contributed by atoms with Gasteiger partial charge in [0.15, 0.2) is 0 Å². The highest BCUT2D eigenvalue weighted by atomic mass is 16.5. The molecule has 29 heavy (non-hydrogen) atoms. The third-order valence-corrected chi connectivity index (χ3v) is 4.99. The lowest BCUT2D eigenvalue weighted by atomic mass is 10.1. The minimum Gasteiger partial charge on any atom is -0.496 e. The van der Waals surface area contributed by atoms with Gasteiger partial charge in [-0.3, -0.25) is 0 Å². The van der Waals surface area contributed by atoms with E-state index in [0.29, 0.717) is 5.95 Å². The van der Waals surface area contributed by atoms with Crippen molar-refractivity contribution < 1.29 is 9.47 Å². The third kappa shape index (κ3) is 4.84. The third-order valence-electron chi connectivity index (χ3n) is 4.99. The number of aromatic nitrogens is 2. The van der Waals surface area contributed by atoms with Crippen molar-refractivity contribution in [2.24, 2.45) is 0 Å². The van der Waals surface area contributed by atoms with E-state index in [2.05, 4.69) is 34.5 Å². The summed E-state index contributed by atoms with van der Waals surface area (Å²) in [5.41, 5.74) is 3.16. The Morgan fingerprint density at radius 1 is 1.00 bits per heavy atom. The number of morpholine rings is 1. The van der Waals surface area contributed by atoms with Gasteiger partial charge in [-0.25, -0.2) is 4.98 Å². The molecule has 2 heterocycles. The van der Waals surface area contributed by atoms with Crippen LogP contribution in [0.2, 0.25) is 0 Å². The van der Waals surface area contributed by atoms with E-state index in [1.807, 2.05) is 36.4 Å². The van der Waals surface area contributed by atoms with E-state index in [1.165, 1.54) is 0 Å². The van der Waals surface area contributed by atoms with Crippen LogP contribution in [0.15, 0.2) is 60.7 Å². The molecule has 4 rings (SSSR count). The summed E-state index contributed by atoms with van der Waals surface area (Å²) in [5.74, 6) is 2.48. The van der Waals surface area contributed by atoms with Crippen molar-refractivity contribution in [3.63, 3.8) is 0 Å². The molecule has 0 aliphatic carbocycles. The maximum Gasteiger partial charge on any atom is 0.225 e. The van der Waals surface area contributed by atoms with Gasteiger partial charge in [0.25, 0.3) is 0 Å². The number of para-hydroxylation sites is 1. The first-order valence-electron chi connectivity index (χ1n) is 9.96. The Bertz CT molecular complexity index is 927. The van der Waals surface area contributed by atoms with Crippen LogP contribution >= 0.6 is 0 Å². The molecule has 1 saturated heterocycles. The van der Waals surface area contributed by atoms with Gasteiger partial charge in [-0.05, 0) is 18.1 Å². The Balaban J connectivity index is 1.54. The molecule has 3 aromatic rings. The van der Waals surface area contributed by atoms with Crippen molar-refractivity contribution in [2.75, 3.05) is 50.2 Å². The zero-order valence-electron chi connectivity index (χ0n) is 16.7. The molecule has 1 aliphatic rings. The second-order valence-electron chi connectivity index (χ2n) is 6.89. The van der Waals surface area contributed by atoms with Crippen LogP contribution in [0, 0.1) is 0 Å². The monoisotopic (exact) mass is 390 g/mol. The van der Waals surface area contributed by atoms with Crippen molar-refractivity contribution in [2.45, 2.75) is 6.42 Å². The van der Waals surface area contributed by atoms with Crippen LogP contribution in [-0.2, 0) is 11.2 Å². The van der Waals surface area contributed by atoms with Crippen molar-refractivity contribution in [3.05, 3.63) is 66.2 Å².